The monoisotopic (exact) mass is 452 g/mol. The molecule has 0 saturated carbocycles. The maximum atomic E-state index is 13.3. The molecule has 3 rings (SSSR count). The van der Waals surface area contributed by atoms with E-state index in [4.69, 9.17) is 14.5 Å². The quantitative estimate of drug-likeness (QED) is 0.441. The van der Waals surface area contributed by atoms with E-state index >= 15 is 0 Å². The second kappa shape index (κ2) is 10.7. The summed E-state index contributed by atoms with van der Waals surface area (Å²) in [5, 5.41) is 0.700. The highest BCUT2D eigenvalue weighted by molar-refractivity contribution is 8.18. The Labute approximate surface area is 195 Å². The predicted molar refractivity (Wildman–Crippen MR) is 134 cm³/mol. The van der Waals surface area contributed by atoms with Crippen LogP contribution in [-0.2, 0) is 4.79 Å². The van der Waals surface area contributed by atoms with Crippen LogP contribution in [0.2, 0.25) is 0 Å². The minimum atomic E-state index is -0.0350. The first-order chi connectivity index (χ1) is 15.3. The molecule has 0 aliphatic carbocycles. The number of carbonyl (C=O) groups is 1. The molecule has 170 valence electrons. The summed E-state index contributed by atoms with van der Waals surface area (Å²) in [4.78, 5) is 20.5. The lowest BCUT2D eigenvalue weighted by atomic mass is 10.1. The van der Waals surface area contributed by atoms with E-state index in [1.54, 1.807) is 12.0 Å². The summed E-state index contributed by atoms with van der Waals surface area (Å²) in [5.41, 5.74) is 2.83. The van der Waals surface area contributed by atoms with Gasteiger partial charge in [0.05, 0.1) is 24.3 Å². The van der Waals surface area contributed by atoms with Gasteiger partial charge in [0.1, 0.15) is 0 Å². The van der Waals surface area contributed by atoms with E-state index in [1.165, 1.54) is 17.3 Å². The maximum Gasteiger partial charge on any atom is 0.266 e. The number of amidine groups is 1. The molecule has 0 aromatic heterocycles. The van der Waals surface area contributed by atoms with Crippen LogP contribution in [-0.4, -0.2) is 36.2 Å². The van der Waals surface area contributed by atoms with Gasteiger partial charge in [-0.1, -0.05) is 57.5 Å². The van der Waals surface area contributed by atoms with Gasteiger partial charge in [0, 0.05) is 12.1 Å². The molecule has 0 N–H and O–H groups in total. The molecule has 5 nitrogen and oxygen atoms in total. The molecule has 0 unspecified atom stereocenters. The van der Waals surface area contributed by atoms with E-state index < -0.39 is 0 Å². The molecule has 1 aliphatic rings. The SMILES string of the molecule is COc1cccc(/C=C2/SC(=Nc3ccc(C)cc3)N(CC(C)C)C2=O)c1OCC(C)C. The number of carbonyl (C=O) groups excluding carboxylic acids is 1. The Bertz CT molecular complexity index is 1010. The number of amides is 1. The van der Waals surface area contributed by atoms with Gasteiger partial charge in [0.2, 0.25) is 0 Å². The van der Waals surface area contributed by atoms with Gasteiger partial charge in [-0.05, 0) is 54.8 Å². The maximum absolute atomic E-state index is 13.3. The molecular weight excluding hydrogens is 420 g/mol. The van der Waals surface area contributed by atoms with Crippen LogP contribution in [0.4, 0.5) is 5.69 Å². The highest BCUT2D eigenvalue weighted by atomic mass is 32.2. The Balaban J connectivity index is 1.99. The zero-order valence-corrected chi connectivity index (χ0v) is 20.5. The van der Waals surface area contributed by atoms with Gasteiger partial charge in [0.15, 0.2) is 16.7 Å². The molecule has 2 aromatic carbocycles. The van der Waals surface area contributed by atoms with Gasteiger partial charge in [-0.2, -0.15) is 0 Å². The molecule has 1 amide bonds. The second-order valence-corrected chi connectivity index (χ2v) is 9.74. The molecule has 0 bridgehead atoms. The van der Waals surface area contributed by atoms with Crippen LogP contribution < -0.4 is 9.47 Å². The molecule has 1 saturated heterocycles. The number of rotatable bonds is 8. The van der Waals surface area contributed by atoms with Crippen LogP contribution in [0.1, 0.15) is 38.8 Å². The van der Waals surface area contributed by atoms with E-state index in [-0.39, 0.29) is 5.91 Å². The third kappa shape index (κ3) is 5.94. The zero-order chi connectivity index (χ0) is 23.3. The first kappa shape index (κ1) is 23.9. The highest BCUT2D eigenvalue weighted by Crippen LogP contribution is 2.38. The number of nitrogens with zero attached hydrogens (tertiary/aromatic N) is 2. The number of hydrogen-bond donors (Lipinski definition) is 0. The molecule has 6 heteroatoms. The summed E-state index contributed by atoms with van der Waals surface area (Å²) in [6.45, 7) is 11.6. The van der Waals surface area contributed by atoms with Gasteiger partial charge >= 0.3 is 0 Å². The summed E-state index contributed by atoms with van der Waals surface area (Å²) >= 11 is 1.40. The van der Waals surface area contributed by atoms with Crippen molar-refractivity contribution in [3.8, 4) is 11.5 Å². The van der Waals surface area contributed by atoms with E-state index in [2.05, 4.69) is 27.7 Å². The van der Waals surface area contributed by atoms with Crippen molar-refractivity contribution >= 4 is 34.6 Å². The minimum Gasteiger partial charge on any atom is -0.493 e. The van der Waals surface area contributed by atoms with Crippen LogP contribution in [0.5, 0.6) is 11.5 Å². The highest BCUT2D eigenvalue weighted by Gasteiger charge is 2.34. The number of hydrogen-bond acceptors (Lipinski definition) is 5. The summed E-state index contributed by atoms with van der Waals surface area (Å²) in [6.07, 6.45) is 1.89. The Morgan fingerprint density at radius 2 is 1.78 bits per heavy atom. The Kier molecular flexibility index (Phi) is 8.02. The van der Waals surface area contributed by atoms with E-state index in [0.29, 0.717) is 46.6 Å². The Morgan fingerprint density at radius 1 is 1.06 bits per heavy atom. The van der Waals surface area contributed by atoms with Crippen molar-refractivity contribution in [2.45, 2.75) is 34.6 Å². The lowest BCUT2D eigenvalue weighted by molar-refractivity contribution is -0.122. The zero-order valence-electron chi connectivity index (χ0n) is 19.7. The van der Waals surface area contributed by atoms with Crippen molar-refractivity contribution in [1.82, 2.24) is 4.90 Å². The number of aliphatic imine (C=N–C) groups is 1. The summed E-state index contributed by atoms with van der Waals surface area (Å²) in [7, 11) is 1.63. The molecule has 2 aromatic rings. The molecule has 1 aliphatic heterocycles. The molecule has 1 fully saturated rings. The number of benzene rings is 2. The number of para-hydroxylation sites is 1. The topological polar surface area (TPSA) is 51.1 Å². The minimum absolute atomic E-state index is 0.0350. The van der Waals surface area contributed by atoms with Crippen LogP contribution in [0.25, 0.3) is 6.08 Å². The second-order valence-electron chi connectivity index (χ2n) is 8.73. The number of ether oxygens (including phenoxy) is 2. The number of methoxy groups -OCH3 is 1. The molecule has 0 radical (unpaired) electrons. The van der Waals surface area contributed by atoms with Crippen molar-refractivity contribution in [3.63, 3.8) is 0 Å². The van der Waals surface area contributed by atoms with Gasteiger partial charge in [0.25, 0.3) is 5.91 Å². The molecule has 0 spiro atoms. The molecule has 32 heavy (non-hydrogen) atoms. The van der Waals surface area contributed by atoms with Crippen LogP contribution in [0.3, 0.4) is 0 Å². The third-order valence-electron chi connectivity index (χ3n) is 4.77. The smallest absolute Gasteiger partial charge is 0.266 e. The normalized spacial score (nSPS) is 16.6. The average molecular weight is 453 g/mol. The van der Waals surface area contributed by atoms with Gasteiger partial charge < -0.3 is 9.47 Å². The van der Waals surface area contributed by atoms with E-state index in [9.17, 15) is 4.79 Å². The number of thioether (sulfide) groups is 1. The average Bonchev–Trinajstić information content (AvgIpc) is 3.02. The Morgan fingerprint density at radius 3 is 2.41 bits per heavy atom. The fourth-order valence-corrected chi connectivity index (χ4v) is 4.20. The Hall–Kier alpha value is -2.73. The fourth-order valence-electron chi connectivity index (χ4n) is 3.20. The first-order valence-electron chi connectivity index (χ1n) is 10.9. The van der Waals surface area contributed by atoms with Gasteiger partial charge in [-0.3, -0.25) is 9.69 Å². The predicted octanol–water partition coefficient (Wildman–Crippen LogP) is 6.30. The lowest BCUT2D eigenvalue weighted by Crippen LogP contribution is -2.32. The summed E-state index contributed by atoms with van der Waals surface area (Å²) in [6, 6.07) is 13.7. The summed E-state index contributed by atoms with van der Waals surface area (Å²) in [5.74, 6) is 1.97. The van der Waals surface area contributed by atoms with Gasteiger partial charge in [-0.25, -0.2) is 4.99 Å². The lowest BCUT2D eigenvalue weighted by Gasteiger charge is -2.18. The van der Waals surface area contributed by atoms with E-state index in [0.717, 1.165) is 11.3 Å². The molecular formula is C26H32N2O3S. The van der Waals surface area contributed by atoms with Crippen molar-refractivity contribution < 1.29 is 14.3 Å². The van der Waals surface area contributed by atoms with Crippen LogP contribution in [0, 0.1) is 18.8 Å². The van der Waals surface area contributed by atoms with Crippen molar-refractivity contribution in [2.24, 2.45) is 16.8 Å². The molecule has 0 atom stereocenters. The molecule has 1 heterocycles. The van der Waals surface area contributed by atoms with Crippen LogP contribution >= 0.6 is 11.8 Å². The largest absolute Gasteiger partial charge is 0.493 e. The third-order valence-corrected chi connectivity index (χ3v) is 5.78. The number of aryl methyl sites for hydroxylation is 1. The van der Waals surface area contributed by atoms with Crippen molar-refractivity contribution in [1.29, 1.82) is 0 Å². The van der Waals surface area contributed by atoms with Crippen LogP contribution in [0.15, 0.2) is 52.4 Å². The fraction of sp³-hybridized carbons (Fsp3) is 0.385. The van der Waals surface area contributed by atoms with E-state index in [1.807, 2.05) is 55.5 Å². The van der Waals surface area contributed by atoms with Crippen molar-refractivity contribution in [3.05, 3.63) is 58.5 Å². The standard InChI is InChI=1S/C26H32N2O3S/c1-17(2)15-28-25(29)23(32-26(28)27-21-12-10-19(5)11-13-21)14-20-8-7-9-22(30-6)24(20)31-16-18(3)4/h7-14,17-18H,15-16H2,1-6H3/b23-14+,27-26?. The summed E-state index contributed by atoms with van der Waals surface area (Å²) < 4.78 is 11.6. The van der Waals surface area contributed by atoms with Gasteiger partial charge in [-0.15, -0.1) is 0 Å². The van der Waals surface area contributed by atoms with Crippen molar-refractivity contribution in [2.75, 3.05) is 20.3 Å². The first-order valence-corrected chi connectivity index (χ1v) is 11.8.